The lowest BCUT2D eigenvalue weighted by Crippen LogP contribution is -1.98. The molecule has 0 bridgehead atoms. The molecule has 0 amide bonds. The normalized spacial score (nSPS) is 11.1. The van der Waals surface area contributed by atoms with Gasteiger partial charge in [-0.1, -0.05) is 42.5 Å². The summed E-state index contributed by atoms with van der Waals surface area (Å²) in [6.07, 6.45) is 0. The van der Waals surface area contributed by atoms with E-state index in [1.54, 1.807) is 6.92 Å². The van der Waals surface area contributed by atoms with Crippen molar-refractivity contribution in [3.63, 3.8) is 0 Å². The third-order valence-electron chi connectivity index (χ3n) is 3.53. The van der Waals surface area contributed by atoms with Crippen molar-refractivity contribution in [1.82, 2.24) is 0 Å². The molecule has 2 heteroatoms. The molecular formula is C17H14O2. The lowest BCUT2D eigenvalue weighted by atomic mass is 9.93. The van der Waals surface area contributed by atoms with Crippen molar-refractivity contribution in [1.29, 1.82) is 0 Å². The number of aliphatic hydroxyl groups is 1. The summed E-state index contributed by atoms with van der Waals surface area (Å²) >= 11 is 0. The van der Waals surface area contributed by atoms with Gasteiger partial charge in [0.1, 0.15) is 0 Å². The molecule has 0 saturated heterocycles. The summed E-state index contributed by atoms with van der Waals surface area (Å²) in [5, 5.41) is 13.7. The van der Waals surface area contributed by atoms with Crippen molar-refractivity contribution < 1.29 is 9.90 Å². The monoisotopic (exact) mass is 250 g/mol. The van der Waals surface area contributed by atoms with E-state index in [1.807, 2.05) is 42.5 Å². The van der Waals surface area contributed by atoms with Gasteiger partial charge in [0.25, 0.3) is 0 Å². The molecule has 0 heterocycles. The number of hydrogen-bond acceptors (Lipinski definition) is 2. The molecule has 0 radical (unpaired) electrons. The van der Waals surface area contributed by atoms with Gasteiger partial charge in [0.2, 0.25) is 0 Å². The predicted molar refractivity (Wildman–Crippen MR) is 77.4 cm³/mol. The summed E-state index contributed by atoms with van der Waals surface area (Å²) < 4.78 is 0. The molecule has 0 fully saturated rings. The molecule has 0 aliphatic heterocycles. The quantitative estimate of drug-likeness (QED) is 0.556. The van der Waals surface area contributed by atoms with Crippen LogP contribution in [0.5, 0.6) is 0 Å². The molecule has 3 rings (SSSR count). The fourth-order valence-electron chi connectivity index (χ4n) is 2.68. The first-order valence-corrected chi connectivity index (χ1v) is 6.27. The molecule has 0 saturated carbocycles. The number of hydrogen-bond donors (Lipinski definition) is 1. The number of carbonyl (C=O) groups is 1. The van der Waals surface area contributed by atoms with E-state index in [9.17, 15) is 9.90 Å². The van der Waals surface area contributed by atoms with E-state index in [0.29, 0.717) is 5.56 Å². The van der Waals surface area contributed by atoms with E-state index < -0.39 is 0 Å². The van der Waals surface area contributed by atoms with Crippen LogP contribution in [-0.2, 0) is 6.61 Å². The van der Waals surface area contributed by atoms with Crippen molar-refractivity contribution >= 4 is 27.3 Å². The Labute approximate surface area is 111 Å². The Kier molecular flexibility index (Phi) is 2.80. The van der Waals surface area contributed by atoms with Crippen molar-refractivity contribution in [2.75, 3.05) is 0 Å². The Bertz CT molecular complexity index is 788. The smallest absolute Gasteiger partial charge is 0.160 e. The lowest BCUT2D eigenvalue weighted by molar-refractivity contribution is 0.101. The number of fused-ring (bicyclic) bond motifs is 2. The fraction of sp³-hybridized carbons (Fsp3) is 0.118. The van der Waals surface area contributed by atoms with Gasteiger partial charge in [-0.25, -0.2) is 0 Å². The molecule has 0 aliphatic carbocycles. The lowest BCUT2D eigenvalue weighted by Gasteiger charge is -2.12. The first-order chi connectivity index (χ1) is 9.22. The van der Waals surface area contributed by atoms with Gasteiger partial charge in [0.15, 0.2) is 5.78 Å². The van der Waals surface area contributed by atoms with Crippen LogP contribution in [0.15, 0.2) is 48.5 Å². The maximum absolute atomic E-state index is 11.8. The Morgan fingerprint density at radius 2 is 1.79 bits per heavy atom. The van der Waals surface area contributed by atoms with Gasteiger partial charge in [-0.05, 0) is 40.1 Å². The SMILES string of the molecule is CC(=O)c1cccc2cc3ccccc3c(CO)c12. The molecule has 94 valence electrons. The molecule has 2 nitrogen and oxygen atoms in total. The van der Waals surface area contributed by atoms with Gasteiger partial charge in [0.05, 0.1) is 6.61 Å². The van der Waals surface area contributed by atoms with Gasteiger partial charge < -0.3 is 5.11 Å². The maximum atomic E-state index is 11.8. The van der Waals surface area contributed by atoms with Crippen LogP contribution in [-0.4, -0.2) is 10.9 Å². The van der Waals surface area contributed by atoms with E-state index in [-0.39, 0.29) is 12.4 Å². The number of carbonyl (C=O) groups excluding carboxylic acids is 1. The number of Topliss-reactive ketones (excluding diaryl/α,β-unsaturated/α-hetero) is 1. The summed E-state index contributed by atoms with van der Waals surface area (Å²) in [5.41, 5.74) is 1.51. The number of rotatable bonds is 2. The highest BCUT2D eigenvalue weighted by Crippen LogP contribution is 2.31. The largest absolute Gasteiger partial charge is 0.392 e. The summed E-state index contributed by atoms with van der Waals surface area (Å²) in [5.74, 6) is 0.0237. The average Bonchev–Trinajstić information content (AvgIpc) is 2.43. The van der Waals surface area contributed by atoms with E-state index in [1.165, 1.54) is 0 Å². The molecule has 3 aromatic rings. The van der Waals surface area contributed by atoms with Crippen LogP contribution in [0.4, 0.5) is 0 Å². The van der Waals surface area contributed by atoms with Crippen LogP contribution < -0.4 is 0 Å². The van der Waals surface area contributed by atoms with E-state index in [0.717, 1.165) is 27.1 Å². The molecule has 0 aromatic heterocycles. The van der Waals surface area contributed by atoms with Crippen LogP contribution in [0.2, 0.25) is 0 Å². The van der Waals surface area contributed by atoms with Crippen molar-refractivity contribution in [3.05, 3.63) is 59.7 Å². The van der Waals surface area contributed by atoms with Crippen LogP contribution >= 0.6 is 0 Å². The average molecular weight is 250 g/mol. The first-order valence-electron chi connectivity index (χ1n) is 6.27. The molecule has 19 heavy (non-hydrogen) atoms. The first kappa shape index (κ1) is 11.9. The van der Waals surface area contributed by atoms with Crippen LogP contribution in [0, 0.1) is 0 Å². The Hall–Kier alpha value is -2.19. The minimum Gasteiger partial charge on any atom is -0.392 e. The van der Waals surface area contributed by atoms with E-state index in [2.05, 4.69) is 6.07 Å². The van der Waals surface area contributed by atoms with Gasteiger partial charge in [-0.3, -0.25) is 4.79 Å². The second kappa shape index (κ2) is 4.48. The highest BCUT2D eigenvalue weighted by Gasteiger charge is 2.12. The van der Waals surface area contributed by atoms with Crippen molar-refractivity contribution in [2.45, 2.75) is 13.5 Å². The minimum atomic E-state index is -0.0673. The van der Waals surface area contributed by atoms with Gasteiger partial charge in [-0.2, -0.15) is 0 Å². The zero-order valence-electron chi connectivity index (χ0n) is 10.7. The van der Waals surface area contributed by atoms with Crippen LogP contribution in [0.3, 0.4) is 0 Å². The molecule has 0 atom stereocenters. The maximum Gasteiger partial charge on any atom is 0.160 e. The number of benzene rings is 3. The molecular weight excluding hydrogens is 236 g/mol. The molecule has 0 spiro atoms. The zero-order valence-corrected chi connectivity index (χ0v) is 10.7. The second-order valence-electron chi connectivity index (χ2n) is 4.69. The van der Waals surface area contributed by atoms with Crippen LogP contribution in [0.25, 0.3) is 21.5 Å². The molecule has 0 aliphatic rings. The summed E-state index contributed by atoms with van der Waals surface area (Å²) in [6.45, 7) is 1.49. The van der Waals surface area contributed by atoms with E-state index in [4.69, 9.17) is 0 Å². The topological polar surface area (TPSA) is 37.3 Å². The summed E-state index contributed by atoms with van der Waals surface area (Å²) in [6, 6.07) is 15.7. The molecule has 3 aromatic carbocycles. The Morgan fingerprint density at radius 3 is 2.53 bits per heavy atom. The standard InChI is InChI=1S/C17H14O2/c1-11(19)14-8-4-6-13-9-12-5-2-3-7-15(12)16(10-18)17(13)14/h2-9,18H,10H2,1H3. The van der Waals surface area contributed by atoms with Gasteiger partial charge in [-0.15, -0.1) is 0 Å². The van der Waals surface area contributed by atoms with Crippen molar-refractivity contribution in [2.24, 2.45) is 0 Å². The minimum absolute atomic E-state index is 0.0237. The van der Waals surface area contributed by atoms with Crippen molar-refractivity contribution in [3.8, 4) is 0 Å². The van der Waals surface area contributed by atoms with Crippen LogP contribution in [0.1, 0.15) is 22.8 Å². The Balaban J connectivity index is 2.57. The highest BCUT2D eigenvalue weighted by atomic mass is 16.3. The zero-order chi connectivity index (χ0) is 13.4. The molecule has 1 N–H and O–H groups in total. The van der Waals surface area contributed by atoms with Gasteiger partial charge in [0, 0.05) is 5.56 Å². The highest BCUT2D eigenvalue weighted by molar-refractivity contribution is 6.12. The van der Waals surface area contributed by atoms with Gasteiger partial charge >= 0.3 is 0 Å². The van der Waals surface area contributed by atoms with E-state index >= 15 is 0 Å². The number of ketones is 1. The Morgan fingerprint density at radius 1 is 1.05 bits per heavy atom. The molecule has 0 unspecified atom stereocenters. The number of aliphatic hydroxyl groups excluding tert-OH is 1. The predicted octanol–water partition coefficient (Wildman–Crippen LogP) is 3.69. The second-order valence-corrected chi connectivity index (χ2v) is 4.69. The third kappa shape index (κ3) is 1.81. The summed E-state index contributed by atoms with van der Waals surface area (Å²) in [4.78, 5) is 11.8. The summed E-state index contributed by atoms with van der Waals surface area (Å²) in [7, 11) is 0. The fourth-order valence-corrected chi connectivity index (χ4v) is 2.68. The third-order valence-corrected chi connectivity index (χ3v) is 3.53.